The van der Waals surface area contributed by atoms with Crippen molar-refractivity contribution in [1.29, 1.82) is 5.26 Å². The van der Waals surface area contributed by atoms with Crippen molar-refractivity contribution < 1.29 is 9.18 Å². The summed E-state index contributed by atoms with van der Waals surface area (Å²) in [4.78, 5) is 22.7. The minimum absolute atomic E-state index is 0.0674. The molecule has 0 radical (unpaired) electrons. The van der Waals surface area contributed by atoms with Gasteiger partial charge in [-0.15, -0.1) is 0 Å². The van der Waals surface area contributed by atoms with E-state index >= 15 is 0 Å². The first kappa shape index (κ1) is 22.3. The summed E-state index contributed by atoms with van der Waals surface area (Å²) in [5, 5.41) is 20.7. The third-order valence-electron chi connectivity index (χ3n) is 6.42. The molecule has 0 saturated carbocycles. The number of nitrogen functional groups attached to an aromatic ring is 1. The number of urea groups is 1. The van der Waals surface area contributed by atoms with E-state index in [-0.39, 0.29) is 23.2 Å². The number of halogens is 1. The predicted molar refractivity (Wildman–Crippen MR) is 130 cm³/mol. The van der Waals surface area contributed by atoms with Crippen molar-refractivity contribution in [3.05, 3.63) is 48.0 Å². The van der Waals surface area contributed by atoms with E-state index in [1.165, 1.54) is 16.6 Å². The highest BCUT2D eigenvalue weighted by atomic mass is 19.1. The lowest BCUT2D eigenvalue weighted by Gasteiger charge is -2.31. The monoisotopic (exact) mass is 473 g/mol. The molecule has 0 aliphatic carbocycles. The highest BCUT2D eigenvalue weighted by molar-refractivity contribution is 5.87. The Labute approximate surface area is 200 Å². The normalized spacial score (nSPS) is 14.3. The number of piperidine rings is 1. The number of nitrogens with two attached hydrogens (primary N) is 1. The van der Waals surface area contributed by atoms with Crippen LogP contribution >= 0.6 is 0 Å². The molecule has 2 amide bonds. The standard InChI is InChI=1S/C24H24FN9O/c1-28-24(35)33-6-4-14(5-7-33)11-30-22-18(10-26)21(27)34-23(32-22)19(13-31-34)16-8-15-9-17(25)2-3-20(15)29-12-16/h2-3,8-9,12-14H,4-7,11,27H2,1H3,(H,28,35)(H,30,32). The molecule has 5 rings (SSSR count). The topological polar surface area (TPSA) is 137 Å². The summed E-state index contributed by atoms with van der Waals surface area (Å²) in [6, 6.07) is 8.31. The number of nitrogens with zero attached hydrogens (tertiary/aromatic N) is 6. The molecule has 35 heavy (non-hydrogen) atoms. The van der Waals surface area contributed by atoms with Gasteiger partial charge in [0.25, 0.3) is 0 Å². The lowest BCUT2D eigenvalue weighted by atomic mass is 9.97. The van der Waals surface area contributed by atoms with Gasteiger partial charge < -0.3 is 21.3 Å². The van der Waals surface area contributed by atoms with Crippen LogP contribution in [0.25, 0.3) is 27.7 Å². The van der Waals surface area contributed by atoms with Crippen molar-refractivity contribution in [2.45, 2.75) is 12.8 Å². The van der Waals surface area contributed by atoms with E-state index in [2.05, 4.69) is 26.8 Å². The molecule has 11 heteroatoms. The van der Waals surface area contributed by atoms with Crippen molar-refractivity contribution >= 4 is 34.2 Å². The number of fused-ring (bicyclic) bond motifs is 2. The molecule has 1 aromatic carbocycles. The van der Waals surface area contributed by atoms with Crippen LogP contribution in [-0.4, -0.2) is 57.2 Å². The second kappa shape index (κ2) is 9.06. The molecule has 1 aliphatic rings. The van der Waals surface area contributed by atoms with Crippen LogP contribution in [0.4, 0.5) is 20.8 Å². The van der Waals surface area contributed by atoms with E-state index in [4.69, 9.17) is 10.7 Å². The van der Waals surface area contributed by atoms with Gasteiger partial charge in [0.2, 0.25) is 0 Å². The van der Waals surface area contributed by atoms with Gasteiger partial charge in [-0.2, -0.15) is 14.9 Å². The Morgan fingerprint density at radius 3 is 2.83 bits per heavy atom. The molecule has 1 fully saturated rings. The van der Waals surface area contributed by atoms with E-state index in [1.54, 1.807) is 30.4 Å². The lowest BCUT2D eigenvalue weighted by molar-refractivity contribution is 0.175. The van der Waals surface area contributed by atoms with E-state index in [1.807, 2.05) is 6.07 Å². The zero-order valence-corrected chi connectivity index (χ0v) is 19.1. The van der Waals surface area contributed by atoms with Gasteiger partial charge in [-0.1, -0.05) is 0 Å². The number of hydrogen-bond donors (Lipinski definition) is 3. The number of anilines is 2. The Morgan fingerprint density at radius 1 is 1.29 bits per heavy atom. The molecular weight excluding hydrogens is 449 g/mol. The van der Waals surface area contributed by atoms with Gasteiger partial charge in [-0.05, 0) is 43.0 Å². The van der Waals surface area contributed by atoms with Crippen LogP contribution < -0.4 is 16.4 Å². The number of nitriles is 1. The lowest BCUT2D eigenvalue weighted by Crippen LogP contribution is -2.44. The Balaban J connectivity index is 1.44. The third kappa shape index (κ3) is 4.14. The zero-order chi connectivity index (χ0) is 24.5. The molecule has 3 aromatic heterocycles. The van der Waals surface area contributed by atoms with Crippen LogP contribution in [0.1, 0.15) is 18.4 Å². The fourth-order valence-corrected chi connectivity index (χ4v) is 4.45. The van der Waals surface area contributed by atoms with Gasteiger partial charge in [0.15, 0.2) is 5.65 Å². The molecule has 0 atom stereocenters. The number of nitrogens with one attached hydrogen (secondary N) is 2. The average molecular weight is 474 g/mol. The van der Waals surface area contributed by atoms with Gasteiger partial charge in [-0.3, -0.25) is 4.98 Å². The molecule has 4 heterocycles. The number of pyridine rings is 1. The number of likely N-dealkylation sites (tertiary alicyclic amines) is 1. The number of amides is 2. The predicted octanol–water partition coefficient (Wildman–Crippen LogP) is 3.00. The number of carbonyl (C=O) groups is 1. The van der Waals surface area contributed by atoms with E-state index in [0.29, 0.717) is 59.0 Å². The zero-order valence-electron chi connectivity index (χ0n) is 19.1. The summed E-state index contributed by atoms with van der Waals surface area (Å²) in [5.41, 5.74) is 9.03. The third-order valence-corrected chi connectivity index (χ3v) is 6.42. The molecule has 0 spiro atoms. The van der Waals surface area contributed by atoms with Crippen molar-refractivity contribution in [1.82, 2.24) is 29.8 Å². The minimum atomic E-state index is -0.343. The largest absolute Gasteiger partial charge is 0.382 e. The van der Waals surface area contributed by atoms with Gasteiger partial charge in [-0.25, -0.2) is 14.2 Å². The first-order chi connectivity index (χ1) is 17.0. The first-order valence-electron chi connectivity index (χ1n) is 11.3. The molecule has 1 saturated heterocycles. The Morgan fingerprint density at radius 2 is 2.09 bits per heavy atom. The minimum Gasteiger partial charge on any atom is -0.382 e. The van der Waals surface area contributed by atoms with E-state index in [9.17, 15) is 14.4 Å². The number of rotatable bonds is 4. The highest BCUT2D eigenvalue weighted by Gasteiger charge is 2.23. The molecule has 4 aromatic rings. The maximum atomic E-state index is 13.7. The summed E-state index contributed by atoms with van der Waals surface area (Å²) >= 11 is 0. The van der Waals surface area contributed by atoms with Crippen LogP contribution in [0.5, 0.6) is 0 Å². The molecule has 178 valence electrons. The summed E-state index contributed by atoms with van der Waals surface area (Å²) < 4.78 is 15.2. The fourth-order valence-electron chi connectivity index (χ4n) is 4.45. The summed E-state index contributed by atoms with van der Waals surface area (Å²) in [5.74, 6) is 0.545. The fraction of sp³-hybridized carbons (Fsp3) is 0.292. The Hall–Kier alpha value is -4.46. The van der Waals surface area contributed by atoms with Crippen LogP contribution in [0.15, 0.2) is 36.7 Å². The first-order valence-corrected chi connectivity index (χ1v) is 11.3. The van der Waals surface area contributed by atoms with Crippen LogP contribution in [0, 0.1) is 23.1 Å². The van der Waals surface area contributed by atoms with Crippen LogP contribution in [-0.2, 0) is 0 Å². The number of benzene rings is 1. The molecule has 10 nitrogen and oxygen atoms in total. The number of aromatic nitrogens is 4. The summed E-state index contributed by atoms with van der Waals surface area (Å²) in [6.07, 6.45) is 4.98. The van der Waals surface area contributed by atoms with Crippen LogP contribution in [0.3, 0.4) is 0 Å². The summed E-state index contributed by atoms with van der Waals surface area (Å²) in [6.45, 7) is 1.95. The summed E-state index contributed by atoms with van der Waals surface area (Å²) in [7, 11) is 1.63. The van der Waals surface area contributed by atoms with Gasteiger partial charge in [0.05, 0.1) is 11.7 Å². The highest BCUT2D eigenvalue weighted by Crippen LogP contribution is 2.30. The molecule has 0 unspecified atom stereocenters. The molecule has 4 N–H and O–H groups in total. The van der Waals surface area contributed by atoms with Crippen molar-refractivity contribution in [3.63, 3.8) is 0 Å². The average Bonchev–Trinajstić information content (AvgIpc) is 3.31. The molecule has 0 bridgehead atoms. The van der Waals surface area contributed by atoms with Gasteiger partial charge in [0.1, 0.15) is 29.1 Å². The van der Waals surface area contributed by atoms with Crippen molar-refractivity contribution in [2.75, 3.05) is 37.7 Å². The van der Waals surface area contributed by atoms with E-state index in [0.717, 1.165) is 12.8 Å². The second-order valence-corrected chi connectivity index (χ2v) is 8.55. The number of carbonyl (C=O) groups excluding carboxylic acids is 1. The van der Waals surface area contributed by atoms with Crippen molar-refractivity contribution in [2.24, 2.45) is 5.92 Å². The van der Waals surface area contributed by atoms with Crippen LogP contribution in [0.2, 0.25) is 0 Å². The molecular formula is C24H24FN9O. The Kier molecular flexibility index (Phi) is 5.78. The van der Waals surface area contributed by atoms with E-state index < -0.39 is 0 Å². The van der Waals surface area contributed by atoms with Crippen molar-refractivity contribution in [3.8, 4) is 17.2 Å². The SMILES string of the molecule is CNC(=O)N1CCC(CNc2nc3c(-c4cnc5ccc(F)cc5c4)cnn3c(N)c2C#N)CC1. The quantitative estimate of drug-likeness (QED) is 0.414. The van der Waals surface area contributed by atoms with Gasteiger partial charge in [0, 0.05) is 49.4 Å². The number of hydrogen-bond acceptors (Lipinski definition) is 7. The maximum absolute atomic E-state index is 13.7. The second-order valence-electron chi connectivity index (χ2n) is 8.55. The molecule has 1 aliphatic heterocycles. The maximum Gasteiger partial charge on any atom is 0.317 e. The smallest absolute Gasteiger partial charge is 0.317 e. The van der Waals surface area contributed by atoms with Gasteiger partial charge >= 0.3 is 6.03 Å². The Bertz CT molecular complexity index is 1470.